The van der Waals surface area contributed by atoms with Crippen LogP contribution in [0.2, 0.25) is 0 Å². The summed E-state index contributed by atoms with van der Waals surface area (Å²) in [5, 5.41) is 11.8. The Morgan fingerprint density at radius 3 is 2.21 bits per heavy atom. The molecule has 5 nitrogen and oxygen atoms in total. The van der Waals surface area contributed by atoms with Crippen LogP contribution < -0.4 is 5.73 Å². The summed E-state index contributed by atoms with van der Waals surface area (Å²) in [7, 11) is 0. The average Bonchev–Trinajstić information content (AvgIpc) is 3.20. The summed E-state index contributed by atoms with van der Waals surface area (Å²) in [6, 6.07) is 0. The van der Waals surface area contributed by atoms with E-state index in [0.29, 0.717) is 29.5 Å². The molecule has 2 saturated carbocycles. The zero-order chi connectivity index (χ0) is 13.4. The quantitative estimate of drug-likeness (QED) is 0.343. The summed E-state index contributed by atoms with van der Waals surface area (Å²) in [6.07, 6.45) is 6.75. The maximum absolute atomic E-state index is 12.5. The van der Waals surface area contributed by atoms with Crippen LogP contribution >= 0.6 is 0 Å². The predicted octanol–water partition coefficient (Wildman–Crippen LogP) is 1.41. The molecule has 2 aliphatic carbocycles. The van der Waals surface area contributed by atoms with Gasteiger partial charge >= 0.3 is 0 Å². The second-order valence-corrected chi connectivity index (χ2v) is 6.26. The first kappa shape index (κ1) is 12.8. The third kappa shape index (κ3) is 2.30. The minimum atomic E-state index is 0.135. The highest BCUT2D eigenvalue weighted by Gasteiger charge is 2.55. The van der Waals surface area contributed by atoms with E-state index >= 15 is 0 Å². The van der Waals surface area contributed by atoms with E-state index in [-0.39, 0.29) is 5.92 Å². The zero-order valence-electron chi connectivity index (χ0n) is 11.3. The van der Waals surface area contributed by atoms with Gasteiger partial charge in [-0.05, 0) is 37.5 Å². The molecular formula is C14H23N3O2. The lowest BCUT2D eigenvalue weighted by Gasteiger charge is -2.31. The van der Waals surface area contributed by atoms with Crippen LogP contribution in [0.25, 0.3) is 0 Å². The molecule has 1 amide bonds. The fourth-order valence-corrected chi connectivity index (χ4v) is 4.05. The molecule has 1 aliphatic heterocycles. The number of rotatable bonds is 2. The second kappa shape index (κ2) is 5.02. The first-order valence-electron chi connectivity index (χ1n) is 7.48. The Morgan fingerprint density at radius 1 is 1.11 bits per heavy atom. The molecule has 0 aromatic carbocycles. The monoisotopic (exact) mass is 265 g/mol. The van der Waals surface area contributed by atoms with E-state index in [4.69, 9.17) is 10.9 Å². The maximum atomic E-state index is 12.5. The number of likely N-dealkylation sites (tertiary alicyclic amines) is 1. The molecule has 1 heterocycles. The summed E-state index contributed by atoms with van der Waals surface area (Å²) in [4.78, 5) is 14.5. The molecule has 3 N–H and O–H groups in total. The minimum Gasteiger partial charge on any atom is -0.409 e. The number of nitrogens with two attached hydrogens (primary N) is 1. The van der Waals surface area contributed by atoms with Crippen LogP contribution in [0.5, 0.6) is 0 Å². The molecular weight excluding hydrogens is 242 g/mol. The molecule has 2 atom stereocenters. The first-order chi connectivity index (χ1) is 9.22. The third-order valence-electron chi connectivity index (χ3n) is 5.28. The summed E-state index contributed by atoms with van der Waals surface area (Å²) < 4.78 is 0. The van der Waals surface area contributed by atoms with Crippen LogP contribution in [0.15, 0.2) is 5.16 Å². The molecule has 3 aliphatic rings. The highest BCUT2D eigenvalue weighted by atomic mass is 16.4. The van der Waals surface area contributed by atoms with Crippen LogP contribution in [0.3, 0.4) is 0 Å². The van der Waals surface area contributed by atoms with Crippen LogP contribution in [0.4, 0.5) is 0 Å². The summed E-state index contributed by atoms with van der Waals surface area (Å²) >= 11 is 0. The maximum Gasteiger partial charge on any atom is 0.226 e. The Balaban J connectivity index is 1.53. The molecule has 0 aromatic heterocycles. The van der Waals surface area contributed by atoms with Gasteiger partial charge in [0.1, 0.15) is 5.84 Å². The van der Waals surface area contributed by atoms with Gasteiger partial charge in [0.05, 0.1) is 0 Å². The first-order valence-corrected chi connectivity index (χ1v) is 7.48. The lowest BCUT2D eigenvalue weighted by atomic mass is 9.95. The van der Waals surface area contributed by atoms with Gasteiger partial charge in [-0.1, -0.05) is 18.0 Å². The molecule has 0 spiro atoms. The van der Waals surface area contributed by atoms with Crippen LogP contribution in [-0.4, -0.2) is 34.9 Å². The number of amides is 1. The Hall–Kier alpha value is -1.26. The van der Waals surface area contributed by atoms with E-state index < -0.39 is 0 Å². The van der Waals surface area contributed by atoms with E-state index in [1.54, 1.807) is 0 Å². The molecule has 0 aromatic rings. The number of fused-ring (bicyclic) bond motifs is 1. The van der Waals surface area contributed by atoms with Crippen molar-refractivity contribution >= 4 is 11.7 Å². The van der Waals surface area contributed by atoms with Crippen LogP contribution in [0.1, 0.15) is 38.5 Å². The van der Waals surface area contributed by atoms with Gasteiger partial charge in [-0.2, -0.15) is 0 Å². The molecule has 106 valence electrons. The van der Waals surface area contributed by atoms with Crippen molar-refractivity contribution < 1.29 is 10.0 Å². The minimum absolute atomic E-state index is 0.135. The molecule has 5 heteroatoms. The van der Waals surface area contributed by atoms with Crippen molar-refractivity contribution in [1.82, 2.24) is 4.90 Å². The Labute approximate surface area is 113 Å². The Morgan fingerprint density at radius 2 is 1.68 bits per heavy atom. The topological polar surface area (TPSA) is 78.9 Å². The number of hydrogen-bond donors (Lipinski definition) is 2. The standard InChI is InChI=1S/C14H23N3O2/c15-13(16-19)9-5-7-17(8-6-9)14(18)12-10-3-1-2-4-11(10)12/h9-12,19H,1-8H2,(H2,15,16). The average molecular weight is 265 g/mol. The highest BCUT2D eigenvalue weighted by molar-refractivity contribution is 5.84. The van der Waals surface area contributed by atoms with Gasteiger partial charge in [0.15, 0.2) is 0 Å². The van der Waals surface area contributed by atoms with Crippen LogP contribution in [-0.2, 0) is 4.79 Å². The van der Waals surface area contributed by atoms with Gasteiger partial charge in [0, 0.05) is 24.9 Å². The number of hydrogen-bond acceptors (Lipinski definition) is 3. The lowest BCUT2D eigenvalue weighted by molar-refractivity contribution is -0.134. The SMILES string of the molecule is NC(=NO)C1CCN(C(=O)C2C3CCCCC32)CC1. The van der Waals surface area contributed by atoms with Gasteiger partial charge in [-0.3, -0.25) is 4.79 Å². The number of piperidine rings is 1. The number of amidine groups is 1. The zero-order valence-corrected chi connectivity index (χ0v) is 11.3. The van der Waals surface area contributed by atoms with E-state index in [1.165, 1.54) is 25.7 Å². The largest absolute Gasteiger partial charge is 0.409 e. The summed E-state index contributed by atoms with van der Waals surface area (Å²) in [6.45, 7) is 1.52. The van der Waals surface area contributed by atoms with Gasteiger partial charge in [-0.15, -0.1) is 0 Å². The van der Waals surface area contributed by atoms with Gasteiger partial charge in [-0.25, -0.2) is 0 Å². The van der Waals surface area contributed by atoms with Gasteiger partial charge in [0.2, 0.25) is 5.91 Å². The molecule has 19 heavy (non-hydrogen) atoms. The predicted molar refractivity (Wildman–Crippen MR) is 71.7 cm³/mol. The molecule has 3 rings (SSSR count). The normalized spacial score (nSPS) is 35.9. The van der Waals surface area contributed by atoms with Crippen molar-refractivity contribution in [1.29, 1.82) is 0 Å². The number of nitrogens with zero attached hydrogens (tertiary/aromatic N) is 2. The van der Waals surface area contributed by atoms with Gasteiger partial charge < -0.3 is 15.8 Å². The third-order valence-corrected chi connectivity index (χ3v) is 5.28. The second-order valence-electron chi connectivity index (χ2n) is 6.26. The molecule has 1 saturated heterocycles. The van der Waals surface area contributed by atoms with E-state index in [1.807, 2.05) is 4.90 Å². The summed E-state index contributed by atoms with van der Waals surface area (Å²) in [5.41, 5.74) is 5.63. The molecule has 3 fully saturated rings. The van der Waals surface area contributed by atoms with E-state index in [0.717, 1.165) is 25.9 Å². The Kier molecular flexibility index (Phi) is 3.37. The van der Waals surface area contributed by atoms with Crippen molar-refractivity contribution in [2.45, 2.75) is 38.5 Å². The van der Waals surface area contributed by atoms with Gasteiger partial charge in [0.25, 0.3) is 0 Å². The molecule has 2 unspecified atom stereocenters. The highest BCUT2D eigenvalue weighted by Crippen LogP contribution is 2.56. The number of carbonyl (C=O) groups excluding carboxylic acids is 1. The number of carbonyl (C=O) groups is 1. The molecule has 0 radical (unpaired) electrons. The fourth-order valence-electron chi connectivity index (χ4n) is 4.05. The Bertz CT molecular complexity index is 376. The fraction of sp³-hybridized carbons (Fsp3) is 0.857. The van der Waals surface area contributed by atoms with E-state index in [2.05, 4.69) is 5.16 Å². The molecule has 0 bridgehead atoms. The lowest BCUT2D eigenvalue weighted by Crippen LogP contribution is -2.42. The van der Waals surface area contributed by atoms with Crippen molar-refractivity contribution in [3.63, 3.8) is 0 Å². The van der Waals surface area contributed by atoms with Crippen LogP contribution in [0, 0.1) is 23.7 Å². The van der Waals surface area contributed by atoms with Crippen molar-refractivity contribution in [2.75, 3.05) is 13.1 Å². The number of oxime groups is 1. The smallest absolute Gasteiger partial charge is 0.226 e. The summed E-state index contributed by atoms with van der Waals surface area (Å²) in [5.74, 6) is 2.51. The van der Waals surface area contributed by atoms with Crippen molar-refractivity contribution in [3.8, 4) is 0 Å². The van der Waals surface area contributed by atoms with E-state index in [9.17, 15) is 4.79 Å². The van der Waals surface area contributed by atoms with Crippen molar-refractivity contribution in [3.05, 3.63) is 0 Å². The van der Waals surface area contributed by atoms with Crippen molar-refractivity contribution in [2.24, 2.45) is 34.6 Å².